The first-order valence-corrected chi connectivity index (χ1v) is 16.3. The molecule has 46 heavy (non-hydrogen) atoms. The molecule has 0 aliphatic heterocycles. The Labute approximate surface area is 272 Å². The molecule has 1 aliphatic rings. The van der Waals surface area contributed by atoms with Gasteiger partial charge in [-0.15, -0.1) is 0 Å². The van der Waals surface area contributed by atoms with Gasteiger partial charge >= 0.3 is 0 Å². The highest BCUT2D eigenvalue weighted by Crippen LogP contribution is 2.45. The van der Waals surface area contributed by atoms with E-state index in [-0.39, 0.29) is 25.7 Å². The van der Waals surface area contributed by atoms with E-state index in [4.69, 9.17) is 5.73 Å². The molecule has 0 bridgehead atoms. The van der Waals surface area contributed by atoms with Crippen molar-refractivity contribution in [2.45, 2.75) is 82.1 Å². The quantitative estimate of drug-likeness (QED) is 0.158. The van der Waals surface area contributed by atoms with E-state index in [9.17, 15) is 19.8 Å². The summed E-state index contributed by atoms with van der Waals surface area (Å²) in [5.41, 5.74) is 5.39. The fourth-order valence-corrected chi connectivity index (χ4v) is 7.06. The first-order chi connectivity index (χ1) is 22.1. The molecule has 2 atom stereocenters. The Balaban J connectivity index is 1.63. The summed E-state index contributed by atoms with van der Waals surface area (Å²) in [6.45, 7) is 3.69. The molecule has 0 radical (unpaired) electrons. The first-order valence-electron chi connectivity index (χ1n) is 16.3. The predicted molar refractivity (Wildman–Crippen MR) is 182 cm³/mol. The number of hydrogen-bond acceptors (Lipinski definition) is 4. The summed E-state index contributed by atoms with van der Waals surface area (Å²) < 4.78 is 0. The third-order valence-corrected chi connectivity index (χ3v) is 10.1. The first kappa shape index (κ1) is 33.1. The van der Waals surface area contributed by atoms with Crippen LogP contribution in [0.1, 0.15) is 55.4 Å². The predicted octanol–water partition coefficient (Wildman–Crippen LogP) is 5.68. The van der Waals surface area contributed by atoms with Crippen molar-refractivity contribution in [1.29, 1.82) is 0 Å². The van der Waals surface area contributed by atoms with Gasteiger partial charge in [0.1, 0.15) is 5.41 Å². The van der Waals surface area contributed by atoms with Crippen LogP contribution in [0, 0.1) is 5.41 Å². The molecule has 1 aliphatic carbocycles. The van der Waals surface area contributed by atoms with Crippen molar-refractivity contribution in [3.05, 3.63) is 144 Å². The number of aliphatic hydroxyl groups is 2. The van der Waals surface area contributed by atoms with Crippen LogP contribution < -0.4 is 5.73 Å². The zero-order valence-corrected chi connectivity index (χ0v) is 26.9. The summed E-state index contributed by atoms with van der Waals surface area (Å²) in [7, 11) is 0. The Morgan fingerprint density at radius 1 is 0.630 bits per heavy atom. The molecule has 6 heteroatoms. The molecule has 4 N–H and O–H groups in total. The van der Waals surface area contributed by atoms with E-state index in [0.717, 1.165) is 22.3 Å². The maximum atomic E-state index is 14.9. The number of primary amides is 1. The number of hydrogen-bond donors (Lipinski definition) is 3. The van der Waals surface area contributed by atoms with Gasteiger partial charge in [-0.05, 0) is 48.9 Å². The van der Waals surface area contributed by atoms with Gasteiger partial charge < -0.3 is 20.8 Å². The molecular weight excluding hydrogens is 572 g/mol. The molecule has 0 unspecified atom stereocenters. The molecule has 1 saturated carbocycles. The molecule has 2 amide bonds. The van der Waals surface area contributed by atoms with Gasteiger partial charge in [0.15, 0.2) is 0 Å². The van der Waals surface area contributed by atoms with Gasteiger partial charge in [0.25, 0.3) is 0 Å². The Morgan fingerprint density at radius 2 is 0.913 bits per heavy atom. The fourth-order valence-electron chi connectivity index (χ4n) is 7.06. The summed E-state index contributed by atoms with van der Waals surface area (Å²) >= 11 is 0. The largest absolute Gasteiger partial charge is 0.387 e. The SMILES string of the molecule is C[C@@H](N(C(=O)C1(C(N)=O)CCC1)[C@H](C)C(O)(Cc1ccccc1)Cc1ccccc1)C(O)(Cc1ccccc1)Cc1ccccc1. The zero-order chi connectivity index (χ0) is 32.8. The molecule has 4 aromatic rings. The summed E-state index contributed by atoms with van der Waals surface area (Å²) in [5, 5.41) is 25.6. The van der Waals surface area contributed by atoms with E-state index in [1.807, 2.05) is 135 Å². The van der Waals surface area contributed by atoms with Crippen molar-refractivity contribution >= 4 is 11.8 Å². The van der Waals surface area contributed by atoms with Gasteiger partial charge in [0, 0.05) is 25.7 Å². The zero-order valence-electron chi connectivity index (χ0n) is 26.9. The lowest BCUT2D eigenvalue weighted by molar-refractivity contribution is -0.173. The van der Waals surface area contributed by atoms with Gasteiger partial charge in [0.05, 0.1) is 23.3 Å². The Bertz CT molecular complexity index is 1390. The Kier molecular flexibility index (Phi) is 10.1. The minimum absolute atomic E-state index is 0.264. The summed E-state index contributed by atoms with van der Waals surface area (Å²) in [5.74, 6) is -1.08. The second kappa shape index (κ2) is 14.0. The highest BCUT2D eigenvalue weighted by Gasteiger charge is 2.56. The molecule has 5 rings (SSSR count). The smallest absolute Gasteiger partial charge is 0.238 e. The number of nitrogens with two attached hydrogens (primary N) is 1. The average Bonchev–Trinajstić information content (AvgIpc) is 3.02. The minimum atomic E-state index is -1.45. The number of carbonyl (C=O) groups excluding carboxylic acids is 2. The molecule has 4 aromatic carbocycles. The fraction of sp³-hybridized carbons (Fsp3) is 0.350. The third kappa shape index (κ3) is 7.09. The van der Waals surface area contributed by atoms with E-state index in [2.05, 4.69) is 0 Å². The molecular formula is C40H46N2O4. The van der Waals surface area contributed by atoms with Gasteiger partial charge in [-0.1, -0.05) is 128 Å². The van der Waals surface area contributed by atoms with Crippen LogP contribution in [0.15, 0.2) is 121 Å². The van der Waals surface area contributed by atoms with Crippen LogP contribution >= 0.6 is 0 Å². The lowest BCUT2D eigenvalue weighted by atomic mass is 9.66. The highest BCUT2D eigenvalue weighted by atomic mass is 16.3. The molecule has 0 saturated heterocycles. The van der Waals surface area contributed by atoms with Crippen LogP contribution in [0.4, 0.5) is 0 Å². The van der Waals surface area contributed by atoms with Crippen molar-refractivity contribution in [3.63, 3.8) is 0 Å². The third-order valence-electron chi connectivity index (χ3n) is 10.1. The maximum absolute atomic E-state index is 14.9. The van der Waals surface area contributed by atoms with Crippen LogP contribution in [0.3, 0.4) is 0 Å². The van der Waals surface area contributed by atoms with Crippen LogP contribution in [-0.4, -0.2) is 50.2 Å². The van der Waals surface area contributed by atoms with E-state index < -0.39 is 40.5 Å². The van der Waals surface area contributed by atoms with E-state index >= 15 is 0 Å². The van der Waals surface area contributed by atoms with Crippen LogP contribution in [0.5, 0.6) is 0 Å². The molecule has 240 valence electrons. The lowest BCUT2D eigenvalue weighted by Gasteiger charge is -2.52. The lowest BCUT2D eigenvalue weighted by Crippen LogP contribution is -2.68. The minimum Gasteiger partial charge on any atom is -0.387 e. The van der Waals surface area contributed by atoms with Gasteiger partial charge in [0.2, 0.25) is 11.8 Å². The molecule has 0 heterocycles. The monoisotopic (exact) mass is 618 g/mol. The molecule has 1 fully saturated rings. The second-order valence-corrected chi connectivity index (χ2v) is 13.2. The second-order valence-electron chi connectivity index (χ2n) is 13.2. The van der Waals surface area contributed by atoms with Crippen LogP contribution in [-0.2, 0) is 35.3 Å². The van der Waals surface area contributed by atoms with Crippen LogP contribution in [0.25, 0.3) is 0 Å². The number of rotatable bonds is 14. The van der Waals surface area contributed by atoms with Crippen molar-refractivity contribution in [1.82, 2.24) is 4.90 Å². The van der Waals surface area contributed by atoms with Crippen LogP contribution in [0.2, 0.25) is 0 Å². The number of benzene rings is 4. The number of amides is 2. The van der Waals surface area contributed by atoms with Gasteiger partial charge in [-0.25, -0.2) is 0 Å². The standard InChI is InChI=1S/C40H46N2O4/c1-30(39(45,26-32-16-7-3-8-17-32)27-33-18-9-4-10-19-33)42(37(44)38(36(41)43)24-15-25-38)31(2)40(46,28-34-20-11-5-12-21-34)29-35-22-13-6-14-23-35/h3-14,16-23,30-31,45-46H,15,24-29H2,1-2H3,(H2,41,43)/t30-,31-/m1/s1. The summed E-state index contributed by atoms with van der Waals surface area (Å²) in [6.07, 6.45) is 2.46. The van der Waals surface area contributed by atoms with Gasteiger partial charge in [-0.3, -0.25) is 9.59 Å². The van der Waals surface area contributed by atoms with Crippen molar-refractivity contribution < 1.29 is 19.8 Å². The van der Waals surface area contributed by atoms with E-state index in [1.165, 1.54) is 0 Å². The molecule has 0 spiro atoms. The van der Waals surface area contributed by atoms with Crippen molar-refractivity contribution in [2.24, 2.45) is 11.1 Å². The van der Waals surface area contributed by atoms with Crippen molar-refractivity contribution in [2.75, 3.05) is 0 Å². The topological polar surface area (TPSA) is 104 Å². The van der Waals surface area contributed by atoms with E-state index in [1.54, 1.807) is 4.90 Å². The Morgan fingerprint density at radius 3 is 1.13 bits per heavy atom. The molecule has 0 aromatic heterocycles. The van der Waals surface area contributed by atoms with Crippen molar-refractivity contribution in [3.8, 4) is 0 Å². The summed E-state index contributed by atoms with van der Waals surface area (Å²) in [6, 6.07) is 37.3. The van der Waals surface area contributed by atoms with Gasteiger partial charge in [-0.2, -0.15) is 0 Å². The average molecular weight is 619 g/mol. The number of carbonyl (C=O) groups is 2. The van der Waals surface area contributed by atoms with E-state index in [0.29, 0.717) is 19.3 Å². The normalized spacial score (nSPS) is 15.7. The maximum Gasteiger partial charge on any atom is 0.238 e. The Hall–Kier alpha value is -4.26. The highest BCUT2D eigenvalue weighted by molar-refractivity contribution is 6.05. The summed E-state index contributed by atoms with van der Waals surface area (Å²) in [4.78, 5) is 29.5. The molecule has 6 nitrogen and oxygen atoms in total. The number of nitrogens with zero attached hydrogens (tertiary/aromatic N) is 1.